The zero-order valence-corrected chi connectivity index (χ0v) is 22.8. The van der Waals surface area contributed by atoms with Gasteiger partial charge in [0.2, 0.25) is 0 Å². The molecule has 1 spiro atoms. The Morgan fingerprint density at radius 2 is 2.03 bits per heavy atom. The topological polar surface area (TPSA) is 116 Å². The first-order chi connectivity index (χ1) is 18.3. The van der Waals surface area contributed by atoms with Crippen molar-refractivity contribution in [1.29, 1.82) is 0 Å². The summed E-state index contributed by atoms with van der Waals surface area (Å²) in [6.07, 6.45) is 7.50. The van der Waals surface area contributed by atoms with Gasteiger partial charge < -0.3 is 19.7 Å². The SMILES string of the molecule is CC(C)(C)S(=O)N[C@@H]1c2ccccc2CC12CCN(c1ncc(C#CCNc3ncco3)nc1CO)CC2. The van der Waals surface area contributed by atoms with E-state index in [-0.39, 0.29) is 22.8 Å². The van der Waals surface area contributed by atoms with Gasteiger partial charge in [0.25, 0.3) is 6.01 Å². The fourth-order valence-corrected chi connectivity index (χ4v) is 6.25. The van der Waals surface area contributed by atoms with Crippen LogP contribution in [-0.4, -0.2) is 48.6 Å². The van der Waals surface area contributed by atoms with Gasteiger partial charge in [-0.1, -0.05) is 30.2 Å². The van der Waals surface area contributed by atoms with Gasteiger partial charge in [-0.15, -0.1) is 0 Å². The minimum Gasteiger partial charge on any atom is -0.432 e. The summed E-state index contributed by atoms with van der Waals surface area (Å²) in [7, 11) is -1.17. The lowest BCUT2D eigenvalue weighted by atomic mass is 9.73. The van der Waals surface area contributed by atoms with Crippen molar-refractivity contribution in [2.45, 2.75) is 57.4 Å². The Hall–Kier alpha value is -3.26. The Labute approximate surface area is 226 Å². The van der Waals surface area contributed by atoms with E-state index in [0.29, 0.717) is 29.8 Å². The summed E-state index contributed by atoms with van der Waals surface area (Å²) in [5, 5.41) is 13.0. The molecule has 0 bridgehead atoms. The van der Waals surface area contributed by atoms with E-state index in [9.17, 15) is 9.32 Å². The van der Waals surface area contributed by atoms with Crippen molar-refractivity contribution < 1.29 is 13.7 Å². The Morgan fingerprint density at radius 3 is 2.74 bits per heavy atom. The summed E-state index contributed by atoms with van der Waals surface area (Å²) in [5.41, 5.74) is 3.59. The molecule has 1 unspecified atom stereocenters. The van der Waals surface area contributed by atoms with Crippen LogP contribution in [0.2, 0.25) is 0 Å². The van der Waals surface area contributed by atoms with E-state index in [2.05, 4.69) is 66.0 Å². The fourth-order valence-electron chi connectivity index (χ4n) is 5.31. The van der Waals surface area contributed by atoms with Crippen LogP contribution >= 0.6 is 0 Å². The highest BCUT2D eigenvalue weighted by Crippen LogP contribution is 2.52. The third-order valence-electron chi connectivity index (χ3n) is 7.31. The molecule has 1 saturated heterocycles. The molecule has 0 amide bonds. The average molecular weight is 535 g/mol. The molecule has 5 rings (SSSR count). The number of aliphatic hydroxyl groups is 1. The molecule has 1 fully saturated rings. The molecule has 3 N–H and O–H groups in total. The number of anilines is 2. The molecule has 3 aromatic rings. The standard InChI is InChI=1S/C28H34N6O3S/c1-27(2,3)38(36)33-24-22-9-5-4-7-20(22)17-28(24)10-14-34(15-11-28)25-23(19-35)32-21(18-31-25)8-6-12-29-26-30-13-16-37-26/h4-5,7,9,13,16,18,24,33,35H,10-12,14-15,17,19H2,1-3H3,(H,29,30)/t24-,38?/m1/s1. The molecule has 0 radical (unpaired) electrons. The Balaban J connectivity index is 1.29. The second kappa shape index (κ2) is 10.8. The number of aromatic nitrogens is 3. The maximum Gasteiger partial charge on any atom is 0.295 e. The van der Waals surface area contributed by atoms with Crippen LogP contribution in [0.15, 0.2) is 47.3 Å². The van der Waals surface area contributed by atoms with Crippen molar-refractivity contribution in [3.05, 3.63) is 65.4 Å². The second-order valence-corrected chi connectivity index (χ2v) is 12.8. The number of piperidine rings is 1. The predicted octanol–water partition coefficient (Wildman–Crippen LogP) is 3.36. The van der Waals surface area contributed by atoms with Crippen molar-refractivity contribution >= 4 is 22.8 Å². The van der Waals surface area contributed by atoms with Gasteiger partial charge in [-0.2, -0.15) is 0 Å². The monoisotopic (exact) mass is 534 g/mol. The van der Waals surface area contributed by atoms with Crippen LogP contribution in [0, 0.1) is 17.3 Å². The van der Waals surface area contributed by atoms with Crippen molar-refractivity contribution in [2.24, 2.45) is 5.41 Å². The van der Waals surface area contributed by atoms with E-state index in [1.54, 1.807) is 12.4 Å². The Kier molecular flexibility index (Phi) is 7.52. The van der Waals surface area contributed by atoms with Crippen LogP contribution in [0.5, 0.6) is 0 Å². The smallest absolute Gasteiger partial charge is 0.295 e. The maximum absolute atomic E-state index is 13.1. The zero-order chi connectivity index (χ0) is 26.8. The first-order valence-corrected chi connectivity index (χ1v) is 14.0. The van der Waals surface area contributed by atoms with Crippen LogP contribution in [0.1, 0.15) is 62.2 Å². The van der Waals surface area contributed by atoms with Crippen LogP contribution in [0.3, 0.4) is 0 Å². The van der Waals surface area contributed by atoms with Crippen LogP contribution in [-0.2, 0) is 24.0 Å². The van der Waals surface area contributed by atoms with E-state index in [0.717, 1.165) is 32.4 Å². The summed E-state index contributed by atoms with van der Waals surface area (Å²) < 4.78 is 21.4. The number of nitrogens with zero attached hydrogens (tertiary/aromatic N) is 4. The van der Waals surface area contributed by atoms with Crippen molar-refractivity contribution in [3.63, 3.8) is 0 Å². The molecule has 10 heteroatoms. The first-order valence-electron chi connectivity index (χ1n) is 12.9. The number of benzene rings is 1. The highest BCUT2D eigenvalue weighted by atomic mass is 32.2. The summed E-state index contributed by atoms with van der Waals surface area (Å²) in [6.45, 7) is 7.70. The molecule has 3 heterocycles. The quantitative estimate of drug-likeness (QED) is 0.413. The molecule has 1 aliphatic carbocycles. The van der Waals surface area contributed by atoms with Gasteiger partial charge in [0.1, 0.15) is 17.7 Å². The predicted molar refractivity (Wildman–Crippen MR) is 148 cm³/mol. The third-order valence-corrected chi connectivity index (χ3v) is 8.87. The molecule has 0 saturated carbocycles. The Morgan fingerprint density at radius 1 is 1.24 bits per heavy atom. The molecule has 200 valence electrons. The van der Waals surface area contributed by atoms with E-state index in [1.165, 1.54) is 17.4 Å². The highest BCUT2D eigenvalue weighted by molar-refractivity contribution is 7.84. The summed E-state index contributed by atoms with van der Waals surface area (Å²) in [5.74, 6) is 6.65. The lowest BCUT2D eigenvalue weighted by Crippen LogP contribution is -2.48. The van der Waals surface area contributed by atoms with Gasteiger partial charge in [0.15, 0.2) is 5.82 Å². The second-order valence-electron chi connectivity index (χ2n) is 10.8. The summed E-state index contributed by atoms with van der Waals surface area (Å²) in [4.78, 5) is 15.4. The minimum atomic E-state index is -1.17. The third kappa shape index (κ3) is 5.46. The molecule has 1 aromatic carbocycles. The Bertz CT molecular complexity index is 1350. The van der Waals surface area contributed by atoms with Gasteiger partial charge >= 0.3 is 0 Å². The zero-order valence-electron chi connectivity index (χ0n) is 22.0. The van der Waals surface area contributed by atoms with E-state index < -0.39 is 11.0 Å². The summed E-state index contributed by atoms with van der Waals surface area (Å²) in [6, 6.07) is 8.96. The summed E-state index contributed by atoms with van der Waals surface area (Å²) >= 11 is 0. The lowest BCUT2D eigenvalue weighted by molar-refractivity contribution is 0.177. The minimum absolute atomic E-state index is 0.0187. The number of hydrogen-bond donors (Lipinski definition) is 3. The number of rotatable bonds is 6. The van der Waals surface area contributed by atoms with Crippen LogP contribution < -0.4 is 14.9 Å². The molecular formula is C28H34N6O3S. The largest absolute Gasteiger partial charge is 0.432 e. The van der Waals surface area contributed by atoms with Crippen molar-refractivity contribution in [1.82, 2.24) is 19.7 Å². The fraction of sp³-hybridized carbons (Fsp3) is 0.464. The van der Waals surface area contributed by atoms with Gasteiger partial charge in [0.05, 0.1) is 47.3 Å². The van der Waals surface area contributed by atoms with Crippen LogP contribution in [0.4, 0.5) is 11.8 Å². The van der Waals surface area contributed by atoms with Gasteiger partial charge in [0, 0.05) is 13.1 Å². The van der Waals surface area contributed by atoms with Gasteiger partial charge in [-0.25, -0.2) is 23.9 Å². The average Bonchev–Trinajstić information content (AvgIpc) is 3.53. The number of nitrogens with one attached hydrogen (secondary N) is 2. The normalized spacial score (nSPS) is 19.1. The molecule has 1 aliphatic heterocycles. The molecule has 2 aliphatic rings. The maximum atomic E-state index is 13.1. The molecule has 9 nitrogen and oxygen atoms in total. The van der Waals surface area contributed by atoms with E-state index in [4.69, 9.17) is 4.42 Å². The van der Waals surface area contributed by atoms with Crippen molar-refractivity contribution in [2.75, 3.05) is 29.9 Å². The highest BCUT2D eigenvalue weighted by Gasteiger charge is 2.49. The van der Waals surface area contributed by atoms with Crippen LogP contribution in [0.25, 0.3) is 0 Å². The molecule has 2 atom stereocenters. The van der Waals surface area contributed by atoms with E-state index in [1.807, 2.05) is 20.8 Å². The van der Waals surface area contributed by atoms with Crippen molar-refractivity contribution in [3.8, 4) is 11.8 Å². The number of aliphatic hydroxyl groups excluding tert-OH is 1. The van der Waals surface area contributed by atoms with Gasteiger partial charge in [-0.05, 0) is 62.5 Å². The molecule has 2 aromatic heterocycles. The molecule has 38 heavy (non-hydrogen) atoms. The number of oxazole rings is 1. The number of fused-ring (bicyclic) bond motifs is 1. The first kappa shape index (κ1) is 26.4. The lowest BCUT2D eigenvalue weighted by Gasteiger charge is -2.44. The van der Waals surface area contributed by atoms with Gasteiger partial charge in [-0.3, -0.25) is 0 Å². The number of hydrogen-bond acceptors (Lipinski definition) is 8. The molecular weight excluding hydrogens is 500 g/mol. The van der Waals surface area contributed by atoms with E-state index >= 15 is 0 Å².